The van der Waals surface area contributed by atoms with Crippen molar-refractivity contribution < 1.29 is 23.8 Å². The molecule has 0 bridgehead atoms. The number of rotatable bonds is 6. The molecule has 0 radical (unpaired) electrons. The fourth-order valence-electron chi connectivity index (χ4n) is 3.95. The topological polar surface area (TPSA) is 62.2 Å². The molecule has 2 aliphatic heterocycles. The van der Waals surface area contributed by atoms with Crippen LogP contribution in [0.3, 0.4) is 0 Å². The number of piperazine rings is 1. The van der Waals surface area contributed by atoms with Gasteiger partial charge in [-0.1, -0.05) is 36.4 Å². The van der Waals surface area contributed by atoms with Crippen LogP contribution in [-0.4, -0.2) is 60.3 Å². The van der Waals surface area contributed by atoms with Gasteiger partial charge in [0.25, 0.3) is 5.91 Å². The number of halogens is 1. The number of hydrogen-bond acceptors (Lipinski definition) is 5. The Morgan fingerprint density at radius 2 is 1.72 bits per heavy atom. The van der Waals surface area contributed by atoms with E-state index in [0.717, 1.165) is 29.8 Å². The number of carbonyl (C=O) groups excluding carboxylic acids is 1. The van der Waals surface area contributed by atoms with Crippen LogP contribution in [0, 0.1) is 5.82 Å². The summed E-state index contributed by atoms with van der Waals surface area (Å²) in [6, 6.07) is 13.8. The minimum absolute atomic E-state index is 0.00518. The first-order valence-corrected chi connectivity index (χ1v) is 10.9. The van der Waals surface area contributed by atoms with Gasteiger partial charge in [-0.25, -0.2) is 4.39 Å². The molecule has 6 nitrogen and oxygen atoms in total. The van der Waals surface area contributed by atoms with Gasteiger partial charge in [0.1, 0.15) is 5.82 Å². The van der Waals surface area contributed by atoms with Gasteiger partial charge in [0, 0.05) is 38.5 Å². The Kier molecular flexibility index (Phi) is 7.19. The Morgan fingerprint density at radius 1 is 1.06 bits per heavy atom. The second-order valence-electron chi connectivity index (χ2n) is 8.35. The Balaban J connectivity index is 1.49. The van der Waals surface area contributed by atoms with Gasteiger partial charge >= 0.3 is 0 Å². The van der Waals surface area contributed by atoms with Crippen molar-refractivity contribution in [3.8, 4) is 0 Å². The SMILES string of the molecule is CN1CCN(C(=O)C2=C[C@@H](c3ccc(F)cc3)C[C@@H](OCc3ccc(CO)cc3)O2)CC1. The molecule has 0 unspecified atom stereocenters. The molecule has 2 aromatic carbocycles. The first-order chi connectivity index (χ1) is 15.5. The van der Waals surface area contributed by atoms with E-state index in [-0.39, 0.29) is 30.0 Å². The van der Waals surface area contributed by atoms with Crippen LogP contribution < -0.4 is 0 Å². The highest BCUT2D eigenvalue weighted by molar-refractivity contribution is 5.91. The van der Waals surface area contributed by atoms with E-state index in [1.807, 2.05) is 42.3 Å². The maximum atomic E-state index is 13.4. The lowest BCUT2D eigenvalue weighted by molar-refractivity contribution is -0.156. The largest absolute Gasteiger partial charge is 0.459 e. The molecule has 1 N–H and O–H groups in total. The van der Waals surface area contributed by atoms with Gasteiger partial charge in [-0.2, -0.15) is 0 Å². The van der Waals surface area contributed by atoms with E-state index in [4.69, 9.17) is 9.47 Å². The summed E-state index contributed by atoms with van der Waals surface area (Å²) in [4.78, 5) is 17.2. The summed E-state index contributed by atoms with van der Waals surface area (Å²) in [5.74, 6) is -0.253. The molecule has 0 spiro atoms. The molecule has 170 valence electrons. The monoisotopic (exact) mass is 440 g/mol. The molecule has 4 rings (SSSR count). The van der Waals surface area contributed by atoms with Gasteiger partial charge in [0.05, 0.1) is 13.2 Å². The van der Waals surface area contributed by atoms with Crippen molar-refractivity contribution in [2.45, 2.75) is 31.8 Å². The molecule has 0 aromatic heterocycles. The van der Waals surface area contributed by atoms with Crippen molar-refractivity contribution >= 4 is 5.91 Å². The van der Waals surface area contributed by atoms with Crippen LogP contribution in [-0.2, 0) is 27.5 Å². The van der Waals surface area contributed by atoms with Crippen molar-refractivity contribution in [2.75, 3.05) is 33.2 Å². The highest BCUT2D eigenvalue weighted by atomic mass is 19.1. The Labute approximate surface area is 187 Å². The van der Waals surface area contributed by atoms with E-state index in [1.54, 1.807) is 12.1 Å². The number of likely N-dealkylation sites (N-methyl/N-ethyl adjacent to an activating group) is 1. The summed E-state index contributed by atoms with van der Waals surface area (Å²) >= 11 is 0. The third kappa shape index (κ3) is 5.54. The molecule has 1 amide bonds. The molecule has 0 saturated carbocycles. The van der Waals surface area contributed by atoms with Crippen LogP contribution in [0.15, 0.2) is 60.4 Å². The second-order valence-corrected chi connectivity index (χ2v) is 8.35. The lowest BCUT2D eigenvalue weighted by Crippen LogP contribution is -2.48. The van der Waals surface area contributed by atoms with Crippen LogP contribution in [0.2, 0.25) is 0 Å². The molecular formula is C25H29FN2O4. The number of amides is 1. The number of hydrogen-bond donors (Lipinski definition) is 1. The molecule has 1 fully saturated rings. The number of carbonyl (C=O) groups is 1. The highest BCUT2D eigenvalue weighted by Gasteiger charge is 2.32. The van der Waals surface area contributed by atoms with Crippen LogP contribution in [0.25, 0.3) is 0 Å². The lowest BCUT2D eigenvalue weighted by atomic mass is 9.92. The molecule has 2 aromatic rings. The van der Waals surface area contributed by atoms with Crippen molar-refractivity contribution in [3.05, 3.63) is 82.9 Å². The predicted octanol–water partition coefficient (Wildman–Crippen LogP) is 3.02. The van der Waals surface area contributed by atoms with E-state index in [9.17, 15) is 14.3 Å². The quantitative estimate of drug-likeness (QED) is 0.748. The Hall–Kier alpha value is -2.74. The maximum Gasteiger partial charge on any atom is 0.288 e. The van der Waals surface area contributed by atoms with Crippen molar-refractivity contribution in [1.29, 1.82) is 0 Å². The summed E-state index contributed by atoms with van der Waals surface area (Å²) in [6.07, 6.45) is 1.77. The molecule has 2 heterocycles. The van der Waals surface area contributed by atoms with E-state index in [1.165, 1.54) is 12.1 Å². The number of aliphatic hydroxyl groups is 1. The predicted molar refractivity (Wildman–Crippen MR) is 118 cm³/mol. The van der Waals surface area contributed by atoms with Crippen molar-refractivity contribution in [1.82, 2.24) is 9.80 Å². The first kappa shape index (κ1) is 22.5. The van der Waals surface area contributed by atoms with Crippen LogP contribution in [0.4, 0.5) is 4.39 Å². The van der Waals surface area contributed by atoms with Gasteiger partial charge in [-0.05, 0) is 41.9 Å². The average Bonchev–Trinajstić information content (AvgIpc) is 2.83. The maximum absolute atomic E-state index is 13.4. The molecule has 2 atom stereocenters. The normalized spacial score (nSPS) is 21.7. The van der Waals surface area contributed by atoms with E-state index in [2.05, 4.69) is 4.90 Å². The lowest BCUT2D eigenvalue weighted by Gasteiger charge is -2.35. The zero-order valence-electron chi connectivity index (χ0n) is 18.2. The number of aliphatic hydroxyl groups excluding tert-OH is 1. The molecule has 0 aliphatic carbocycles. The first-order valence-electron chi connectivity index (χ1n) is 10.9. The molecule has 1 saturated heterocycles. The number of benzene rings is 2. The fraction of sp³-hybridized carbons (Fsp3) is 0.400. The van der Waals surface area contributed by atoms with Gasteiger partial charge in [-0.15, -0.1) is 0 Å². The Bertz CT molecular complexity index is 937. The number of allylic oxidation sites excluding steroid dienone is 1. The summed E-state index contributed by atoms with van der Waals surface area (Å²) < 4.78 is 25.4. The highest BCUT2D eigenvalue weighted by Crippen LogP contribution is 2.32. The van der Waals surface area contributed by atoms with E-state index in [0.29, 0.717) is 26.1 Å². The summed E-state index contributed by atoms with van der Waals surface area (Å²) in [5, 5.41) is 9.20. The minimum atomic E-state index is -0.598. The minimum Gasteiger partial charge on any atom is -0.459 e. The zero-order valence-corrected chi connectivity index (χ0v) is 18.2. The summed E-state index contributed by atoms with van der Waals surface area (Å²) in [5.41, 5.74) is 2.70. The smallest absolute Gasteiger partial charge is 0.288 e. The molecule has 2 aliphatic rings. The van der Waals surface area contributed by atoms with Crippen LogP contribution >= 0.6 is 0 Å². The standard InChI is InChI=1S/C25H29FN2O4/c1-27-10-12-28(13-11-27)25(30)23-14-21(20-6-8-22(26)9-7-20)15-24(32-23)31-17-19-4-2-18(16-29)3-5-19/h2-9,14,21,24,29H,10-13,15-17H2,1H3/t21-,24+/m1/s1. The van der Waals surface area contributed by atoms with Gasteiger partial charge in [-0.3, -0.25) is 4.79 Å². The number of nitrogens with zero attached hydrogens (tertiary/aromatic N) is 2. The van der Waals surface area contributed by atoms with Gasteiger partial charge in [0.15, 0.2) is 5.76 Å². The van der Waals surface area contributed by atoms with Crippen molar-refractivity contribution in [3.63, 3.8) is 0 Å². The van der Waals surface area contributed by atoms with Gasteiger partial charge < -0.3 is 24.4 Å². The summed E-state index contributed by atoms with van der Waals surface area (Å²) in [7, 11) is 2.04. The van der Waals surface area contributed by atoms with Crippen LogP contribution in [0.1, 0.15) is 29.0 Å². The van der Waals surface area contributed by atoms with Crippen molar-refractivity contribution in [2.24, 2.45) is 0 Å². The van der Waals surface area contributed by atoms with E-state index >= 15 is 0 Å². The third-order valence-corrected chi connectivity index (χ3v) is 6.00. The van der Waals surface area contributed by atoms with E-state index < -0.39 is 6.29 Å². The zero-order chi connectivity index (χ0) is 22.5. The average molecular weight is 441 g/mol. The second kappa shape index (κ2) is 10.3. The molecular weight excluding hydrogens is 411 g/mol. The fourth-order valence-corrected chi connectivity index (χ4v) is 3.95. The number of ether oxygens (including phenoxy) is 2. The summed E-state index contributed by atoms with van der Waals surface area (Å²) in [6.45, 7) is 3.27. The van der Waals surface area contributed by atoms with Gasteiger partial charge in [0.2, 0.25) is 6.29 Å². The molecule has 7 heteroatoms. The Morgan fingerprint density at radius 3 is 2.38 bits per heavy atom. The molecule has 32 heavy (non-hydrogen) atoms. The van der Waals surface area contributed by atoms with Crippen LogP contribution in [0.5, 0.6) is 0 Å². The third-order valence-electron chi connectivity index (χ3n) is 6.00.